The van der Waals surface area contributed by atoms with Crippen molar-refractivity contribution < 1.29 is 52.2 Å². The number of rotatable bonds is 49. The summed E-state index contributed by atoms with van der Waals surface area (Å²) in [4.78, 5) is 48.4. The average Bonchev–Trinajstić information content (AvgIpc) is 3.39. The van der Waals surface area contributed by atoms with Crippen molar-refractivity contribution in [1.82, 2.24) is 0 Å². The van der Waals surface area contributed by atoms with Crippen molar-refractivity contribution in [2.75, 3.05) is 26.4 Å². The number of carbonyl (C=O) groups is 3. The highest BCUT2D eigenvalue weighted by molar-refractivity contribution is 7.47. The van der Waals surface area contributed by atoms with Crippen LogP contribution in [0.15, 0.2) is 146 Å². The molecular weight excluding hydrogens is 952 g/mol. The van der Waals surface area contributed by atoms with E-state index in [1.807, 2.05) is 24.3 Å². The Bertz CT molecular complexity index is 1800. The van der Waals surface area contributed by atoms with Gasteiger partial charge in [-0.25, -0.2) is 4.57 Å². The molecule has 11 nitrogen and oxygen atoms in total. The highest BCUT2D eigenvalue weighted by atomic mass is 31.2. The number of hydrogen-bond acceptors (Lipinski definition) is 10. The molecule has 0 heterocycles. The van der Waals surface area contributed by atoms with Crippen LogP contribution in [0.5, 0.6) is 0 Å². The molecule has 0 aliphatic heterocycles. The number of unbranched alkanes of at least 4 members (excludes halogenated alkanes) is 8. The van der Waals surface area contributed by atoms with Crippen molar-refractivity contribution >= 4 is 25.7 Å². The Morgan fingerprint density at radius 1 is 0.392 bits per heavy atom. The summed E-state index contributed by atoms with van der Waals surface area (Å²) in [5.74, 6) is -1.70. The Balaban J connectivity index is 4.94. The maximum atomic E-state index is 12.9. The lowest BCUT2D eigenvalue weighted by molar-refractivity contribution is -0.161. The van der Waals surface area contributed by atoms with E-state index in [0.29, 0.717) is 25.7 Å². The lowest BCUT2D eigenvalue weighted by atomic mass is 10.1. The van der Waals surface area contributed by atoms with Gasteiger partial charge in [0.25, 0.3) is 0 Å². The molecule has 12 heteroatoms. The van der Waals surface area contributed by atoms with Crippen molar-refractivity contribution in [3.05, 3.63) is 146 Å². The van der Waals surface area contributed by atoms with Crippen molar-refractivity contribution in [3.63, 3.8) is 0 Å². The zero-order valence-electron chi connectivity index (χ0n) is 45.7. The van der Waals surface area contributed by atoms with E-state index in [1.54, 1.807) is 0 Å². The van der Waals surface area contributed by atoms with Gasteiger partial charge in [0.2, 0.25) is 0 Å². The molecule has 3 atom stereocenters. The summed E-state index contributed by atoms with van der Waals surface area (Å²) in [6.45, 7) is 4.17. The average molecular weight is 1050 g/mol. The Morgan fingerprint density at radius 2 is 0.730 bits per heavy atom. The first-order valence-electron chi connectivity index (χ1n) is 27.7. The third kappa shape index (κ3) is 52.2. The van der Waals surface area contributed by atoms with Crippen LogP contribution in [0, 0.1) is 0 Å². The number of ether oxygens (including phenoxy) is 3. The number of esters is 3. The quantitative estimate of drug-likeness (QED) is 0.0197. The van der Waals surface area contributed by atoms with Gasteiger partial charge in [0.15, 0.2) is 6.10 Å². The summed E-state index contributed by atoms with van der Waals surface area (Å²) in [6.07, 6.45) is 69.9. The molecule has 0 aromatic heterocycles. The Labute approximate surface area is 448 Å². The maximum absolute atomic E-state index is 12.9. The first kappa shape index (κ1) is 69.4. The zero-order valence-corrected chi connectivity index (χ0v) is 46.6. The van der Waals surface area contributed by atoms with Gasteiger partial charge in [-0.15, -0.1) is 0 Å². The molecular formula is C62H97O11P. The second kappa shape index (κ2) is 54.6. The molecule has 0 amide bonds. The number of aliphatic hydroxyl groups excluding tert-OH is 1. The predicted molar refractivity (Wildman–Crippen MR) is 306 cm³/mol. The summed E-state index contributed by atoms with van der Waals surface area (Å²) in [6, 6.07) is 0. The fraction of sp³-hybridized carbons (Fsp3) is 0.565. The zero-order chi connectivity index (χ0) is 54.1. The fourth-order valence-corrected chi connectivity index (χ4v) is 7.38. The van der Waals surface area contributed by atoms with Gasteiger partial charge in [-0.3, -0.25) is 23.4 Å². The molecule has 0 spiro atoms. The van der Waals surface area contributed by atoms with Gasteiger partial charge < -0.3 is 24.2 Å². The van der Waals surface area contributed by atoms with Crippen LogP contribution >= 0.6 is 7.82 Å². The largest absolute Gasteiger partial charge is 0.472 e. The van der Waals surface area contributed by atoms with E-state index >= 15 is 0 Å². The number of phosphoric ester groups is 1. The van der Waals surface area contributed by atoms with Gasteiger partial charge in [-0.1, -0.05) is 199 Å². The molecule has 0 saturated heterocycles. The van der Waals surface area contributed by atoms with Crippen LogP contribution in [-0.4, -0.2) is 66.5 Å². The molecule has 0 saturated carbocycles. The maximum Gasteiger partial charge on any atom is 0.472 e. The number of aliphatic hydroxyl groups is 1. The second-order valence-corrected chi connectivity index (χ2v) is 19.1. The Morgan fingerprint density at radius 3 is 1.16 bits per heavy atom. The van der Waals surface area contributed by atoms with Crippen molar-refractivity contribution in [3.8, 4) is 0 Å². The van der Waals surface area contributed by atoms with Crippen LogP contribution in [0.2, 0.25) is 0 Å². The number of phosphoric acid groups is 1. The summed E-state index contributed by atoms with van der Waals surface area (Å²) < 4.78 is 39.3. The first-order chi connectivity index (χ1) is 36.2. The van der Waals surface area contributed by atoms with Crippen molar-refractivity contribution in [1.29, 1.82) is 0 Å². The summed E-state index contributed by atoms with van der Waals surface area (Å²) >= 11 is 0. The van der Waals surface area contributed by atoms with E-state index in [2.05, 4.69) is 142 Å². The normalized spacial score (nSPS) is 14.5. The third-order valence-corrected chi connectivity index (χ3v) is 11.7. The standard InChI is InChI=1S/C62H97O11P/c1-4-7-10-13-16-19-22-25-27-28-29-30-32-35-38-41-44-47-50-53-62(66)73-59(55-69-60(64)51-48-45-42-39-36-33-24-21-18-15-12-9-6-3)57-71-74(67,68)70-56-58(54-63)72-61(65)52-49-46-43-40-37-34-31-26-23-20-17-14-11-8-5-2/h7,9-10,12,16-21,25-27,29-31,33,35-36,38,42,44-45,47,58-59,63H,4-6,8,11,13-15,22-24,28,32,34,37,39-41,43,46,48-57H2,1-3H3,(H,67,68)/b10-7-,12-9-,19-16-,20-17-,21-18-,27-25-,30-29-,31-26-,36-33-,38-35-,45-42-,47-44-. The van der Waals surface area contributed by atoms with Crippen LogP contribution < -0.4 is 0 Å². The molecule has 0 bridgehead atoms. The number of carbonyl (C=O) groups excluding carboxylic acids is 3. The van der Waals surface area contributed by atoms with E-state index in [9.17, 15) is 28.9 Å². The SMILES string of the molecule is CC/C=C\C/C=C\C/C=C\C/C=C\C/C=C\C/C=C\CCC(=O)OC(COC(=O)CC/C=C\C/C=C\C/C=C\C/C=C\CC)COP(=O)(O)OCC(CO)OC(=O)CCCCCCC/C=C\C/C=C\CCCCC. The van der Waals surface area contributed by atoms with E-state index in [0.717, 1.165) is 103 Å². The van der Waals surface area contributed by atoms with Gasteiger partial charge in [0.1, 0.15) is 12.7 Å². The summed E-state index contributed by atoms with van der Waals surface area (Å²) in [5, 5.41) is 9.80. The van der Waals surface area contributed by atoms with Gasteiger partial charge in [0.05, 0.1) is 19.8 Å². The molecule has 0 rings (SSSR count). The van der Waals surface area contributed by atoms with Crippen LogP contribution in [0.1, 0.15) is 188 Å². The smallest absolute Gasteiger partial charge is 0.462 e. The Hall–Kier alpha value is -4.64. The summed E-state index contributed by atoms with van der Waals surface area (Å²) in [5.41, 5.74) is 0. The lowest BCUT2D eigenvalue weighted by Crippen LogP contribution is -2.30. The predicted octanol–water partition coefficient (Wildman–Crippen LogP) is 16.4. The molecule has 0 fully saturated rings. The van der Waals surface area contributed by atoms with Crippen LogP contribution in [0.3, 0.4) is 0 Å². The molecule has 0 aliphatic carbocycles. The highest BCUT2D eigenvalue weighted by Crippen LogP contribution is 2.43. The topological polar surface area (TPSA) is 155 Å². The van der Waals surface area contributed by atoms with E-state index in [1.165, 1.54) is 19.3 Å². The van der Waals surface area contributed by atoms with E-state index in [-0.39, 0.29) is 19.3 Å². The number of allylic oxidation sites excluding steroid dienone is 24. The van der Waals surface area contributed by atoms with Crippen LogP contribution in [0.4, 0.5) is 0 Å². The van der Waals surface area contributed by atoms with E-state index < -0.39 is 64.4 Å². The molecule has 0 aliphatic rings. The molecule has 0 aromatic carbocycles. The monoisotopic (exact) mass is 1050 g/mol. The minimum atomic E-state index is -4.79. The minimum Gasteiger partial charge on any atom is -0.462 e. The lowest BCUT2D eigenvalue weighted by Gasteiger charge is -2.21. The van der Waals surface area contributed by atoms with Gasteiger partial charge in [0, 0.05) is 19.3 Å². The molecule has 0 aromatic rings. The summed E-state index contributed by atoms with van der Waals surface area (Å²) in [7, 11) is -4.79. The minimum absolute atomic E-state index is 0.0183. The molecule has 3 unspecified atom stereocenters. The van der Waals surface area contributed by atoms with Crippen molar-refractivity contribution in [2.24, 2.45) is 0 Å². The highest BCUT2D eigenvalue weighted by Gasteiger charge is 2.28. The van der Waals surface area contributed by atoms with Crippen LogP contribution in [-0.2, 0) is 42.2 Å². The number of hydrogen-bond donors (Lipinski definition) is 2. The van der Waals surface area contributed by atoms with Crippen molar-refractivity contribution in [2.45, 2.75) is 200 Å². The van der Waals surface area contributed by atoms with Gasteiger partial charge in [-0.2, -0.15) is 0 Å². The molecule has 0 radical (unpaired) electrons. The molecule has 74 heavy (non-hydrogen) atoms. The Kier molecular flexibility index (Phi) is 51.2. The van der Waals surface area contributed by atoms with Gasteiger partial charge >= 0.3 is 25.7 Å². The van der Waals surface area contributed by atoms with Gasteiger partial charge in [-0.05, 0) is 116 Å². The van der Waals surface area contributed by atoms with Crippen LogP contribution in [0.25, 0.3) is 0 Å². The van der Waals surface area contributed by atoms with E-state index in [4.69, 9.17) is 23.3 Å². The first-order valence-corrected chi connectivity index (χ1v) is 29.2. The molecule has 416 valence electrons. The third-order valence-electron chi connectivity index (χ3n) is 10.8. The molecule has 2 N–H and O–H groups in total. The second-order valence-electron chi connectivity index (χ2n) is 17.6. The fourth-order valence-electron chi connectivity index (χ4n) is 6.60.